The molecule has 0 aromatic heterocycles. The lowest BCUT2D eigenvalue weighted by molar-refractivity contribution is -0.137. The zero-order valence-electron chi connectivity index (χ0n) is 17.6. The molecule has 2 heterocycles. The van der Waals surface area contributed by atoms with Crippen molar-refractivity contribution in [3.63, 3.8) is 0 Å². The van der Waals surface area contributed by atoms with E-state index >= 15 is 0 Å². The quantitative estimate of drug-likeness (QED) is 0.350. The molecule has 2 aromatic rings. The molecule has 4 rings (SSSR count). The average Bonchev–Trinajstić information content (AvgIpc) is 3.32. The molecule has 2 aromatic carbocycles. The third-order valence-electron chi connectivity index (χ3n) is 5.54. The van der Waals surface area contributed by atoms with Gasteiger partial charge in [0.05, 0.1) is 24.3 Å². The van der Waals surface area contributed by atoms with Crippen molar-refractivity contribution in [3.05, 3.63) is 58.2 Å². The van der Waals surface area contributed by atoms with Crippen molar-refractivity contribution in [3.8, 4) is 0 Å². The predicted octanol–water partition coefficient (Wildman–Crippen LogP) is -1.64. The van der Waals surface area contributed by atoms with E-state index in [1.54, 1.807) is 0 Å². The monoisotopic (exact) mass is 474 g/mol. The normalized spacial score (nSPS) is 14.1. The van der Waals surface area contributed by atoms with Crippen LogP contribution in [0.4, 0.5) is 8.78 Å². The van der Waals surface area contributed by atoms with Crippen molar-refractivity contribution < 1.29 is 47.6 Å². The summed E-state index contributed by atoms with van der Waals surface area (Å²) in [6, 6.07) is 4.38. The van der Waals surface area contributed by atoms with Crippen LogP contribution in [0, 0.1) is 11.6 Å². The number of nitrogens with zero attached hydrogens (tertiary/aromatic N) is 1. The fourth-order valence-corrected chi connectivity index (χ4v) is 3.81. The number of carbonyl (C=O) groups is 3. The number of halogens is 2. The van der Waals surface area contributed by atoms with Crippen LogP contribution in [-0.2, 0) is 27.3 Å². The second-order valence-electron chi connectivity index (χ2n) is 7.76. The smallest absolute Gasteiger partial charge is 0.480 e. The summed E-state index contributed by atoms with van der Waals surface area (Å²) in [5.41, 5.74) is 0.406. The van der Waals surface area contributed by atoms with Crippen molar-refractivity contribution in [1.82, 2.24) is 10.2 Å². The van der Waals surface area contributed by atoms with Crippen LogP contribution >= 0.6 is 0 Å². The number of amides is 2. The Balaban J connectivity index is 1.46. The lowest BCUT2D eigenvalue weighted by atomic mass is 9.78. The largest absolute Gasteiger partial charge is 0.491 e. The third kappa shape index (κ3) is 4.66. The van der Waals surface area contributed by atoms with Gasteiger partial charge in [-0.2, -0.15) is 0 Å². The molecule has 4 N–H and O–H groups in total. The van der Waals surface area contributed by atoms with Gasteiger partial charge in [-0.3, -0.25) is 14.4 Å². The van der Waals surface area contributed by atoms with E-state index in [9.17, 15) is 33.2 Å². The summed E-state index contributed by atoms with van der Waals surface area (Å²) in [5.74, 6) is -4.95. The summed E-state index contributed by atoms with van der Waals surface area (Å²) in [4.78, 5) is 37.3. The van der Waals surface area contributed by atoms with E-state index in [2.05, 4.69) is 5.32 Å². The Morgan fingerprint density at radius 2 is 1.47 bits per heavy atom. The first-order chi connectivity index (χ1) is 16.2. The first kappa shape index (κ1) is 23.8. The summed E-state index contributed by atoms with van der Waals surface area (Å²) in [5, 5.41) is 31.1. The molecule has 0 atom stereocenters. The van der Waals surface area contributed by atoms with Gasteiger partial charge in [0.1, 0.15) is 18.2 Å². The van der Waals surface area contributed by atoms with Gasteiger partial charge in [0.25, 0.3) is 11.8 Å². The number of nitrogens with one attached hydrogen (secondary N) is 1. The molecule has 0 saturated heterocycles. The maximum absolute atomic E-state index is 14.5. The predicted molar refractivity (Wildman–Crippen MR) is 113 cm³/mol. The minimum atomic E-state index is -1.37. The first-order valence-corrected chi connectivity index (χ1v) is 10.2. The van der Waals surface area contributed by atoms with E-state index in [0.29, 0.717) is 11.1 Å². The van der Waals surface area contributed by atoms with Crippen molar-refractivity contribution >= 4 is 42.9 Å². The first-order valence-electron chi connectivity index (χ1n) is 10.2. The molecule has 0 unspecified atom stereocenters. The summed E-state index contributed by atoms with van der Waals surface area (Å²) >= 11 is 0. The van der Waals surface area contributed by atoms with Gasteiger partial charge in [0, 0.05) is 13.1 Å². The number of benzene rings is 2. The highest BCUT2D eigenvalue weighted by Gasteiger charge is 2.32. The number of rotatable bonds is 7. The number of hydrogen-bond acceptors (Lipinski definition) is 7. The van der Waals surface area contributed by atoms with Crippen LogP contribution in [0.3, 0.4) is 0 Å². The van der Waals surface area contributed by atoms with E-state index in [4.69, 9.17) is 14.4 Å². The molecular weight excluding hydrogens is 456 g/mol. The SMILES string of the molecule is O=C(O)CN(CCNC(=O)c1cc2c(cc1F)COB2O)C(=O)c1cc2c(cc1F)COB2O. The van der Waals surface area contributed by atoms with Crippen LogP contribution in [0.2, 0.25) is 0 Å². The molecule has 0 fully saturated rings. The second kappa shape index (κ2) is 9.50. The fourth-order valence-electron chi connectivity index (χ4n) is 3.81. The number of fused-ring (bicyclic) bond motifs is 2. The van der Waals surface area contributed by atoms with E-state index in [-0.39, 0.29) is 42.8 Å². The van der Waals surface area contributed by atoms with E-state index in [0.717, 1.165) is 29.2 Å². The summed E-state index contributed by atoms with van der Waals surface area (Å²) in [6.07, 6.45) is 0. The molecule has 176 valence electrons. The lowest BCUT2D eigenvalue weighted by Crippen LogP contribution is -2.42. The molecule has 2 aliphatic rings. The zero-order valence-corrected chi connectivity index (χ0v) is 17.6. The molecule has 2 amide bonds. The summed E-state index contributed by atoms with van der Waals surface area (Å²) in [6.45, 7) is -1.42. The number of carboxylic acid groups (broad SMARTS) is 1. The Morgan fingerprint density at radius 3 is 2.03 bits per heavy atom. The van der Waals surface area contributed by atoms with Gasteiger partial charge in [-0.15, -0.1) is 0 Å². The highest BCUT2D eigenvalue weighted by atomic mass is 19.1. The molecule has 34 heavy (non-hydrogen) atoms. The third-order valence-corrected chi connectivity index (χ3v) is 5.54. The van der Waals surface area contributed by atoms with E-state index in [1.165, 1.54) is 0 Å². The van der Waals surface area contributed by atoms with Crippen molar-refractivity contribution in [2.75, 3.05) is 19.6 Å². The molecular formula is C20H18B2F2N2O8. The minimum absolute atomic E-state index is 0.00395. The Morgan fingerprint density at radius 1 is 0.941 bits per heavy atom. The van der Waals surface area contributed by atoms with E-state index in [1.807, 2.05) is 0 Å². The molecule has 14 heteroatoms. The molecule has 0 saturated carbocycles. The lowest BCUT2D eigenvalue weighted by Gasteiger charge is -2.22. The highest BCUT2D eigenvalue weighted by Crippen LogP contribution is 2.18. The maximum Gasteiger partial charge on any atom is 0.491 e. The van der Waals surface area contributed by atoms with Crippen LogP contribution in [0.5, 0.6) is 0 Å². The average molecular weight is 474 g/mol. The molecule has 0 radical (unpaired) electrons. The molecule has 2 aliphatic heterocycles. The van der Waals surface area contributed by atoms with Gasteiger partial charge in [-0.1, -0.05) is 0 Å². The highest BCUT2D eigenvalue weighted by molar-refractivity contribution is 6.62. The van der Waals surface area contributed by atoms with Gasteiger partial charge >= 0.3 is 20.2 Å². The van der Waals surface area contributed by atoms with E-state index < -0.39 is 55.8 Å². The minimum Gasteiger partial charge on any atom is -0.480 e. The van der Waals surface area contributed by atoms with Gasteiger partial charge < -0.3 is 34.7 Å². The van der Waals surface area contributed by atoms with Crippen LogP contribution in [0.1, 0.15) is 31.8 Å². The molecule has 10 nitrogen and oxygen atoms in total. The molecule has 0 bridgehead atoms. The number of carbonyl (C=O) groups excluding carboxylic acids is 2. The second-order valence-corrected chi connectivity index (χ2v) is 7.76. The number of hydrogen-bond donors (Lipinski definition) is 4. The van der Waals surface area contributed by atoms with Gasteiger partial charge in [0.2, 0.25) is 0 Å². The summed E-state index contributed by atoms with van der Waals surface area (Å²) < 4.78 is 38.8. The van der Waals surface area contributed by atoms with Gasteiger partial charge in [-0.05, 0) is 46.3 Å². The Hall–Kier alpha value is -3.32. The molecule has 0 aliphatic carbocycles. The van der Waals surface area contributed by atoms with Crippen LogP contribution < -0.4 is 16.2 Å². The fraction of sp³-hybridized carbons (Fsp3) is 0.250. The standard InChI is InChI=1S/C20H18B2F2N2O8/c23-16-3-10-8-33-21(31)14(10)5-12(16)19(29)25-1-2-26(7-18(27)28)20(30)13-6-15-11(4-17(13)24)9-34-22(15)32/h3-6,31-32H,1-2,7-9H2,(H,25,29)(H,27,28). The van der Waals surface area contributed by atoms with Gasteiger partial charge in [0.15, 0.2) is 0 Å². The Bertz CT molecular complexity index is 1180. The van der Waals surface area contributed by atoms with Gasteiger partial charge in [-0.25, -0.2) is 8.78 Å². The Kier molecular flexibility index (Phi) is 6.66. The van der Waals surface area contributed by atoms with Crippen molar-refractivity contribution in [1.29, 1.82) is 0 Å². The van der Waals surface area contributed by atoms with Crippen molar-refractivity contribution in [2.24, 2.45) is 0 Å². The van der Waals surface area contributed by atoms with Crippen LogP contribution in [0.25, 0.3) is 0 Å². The number of carboxylic acids is 1. The maximum atomic E-state index is 14.5. The topological polar surface area (TPSA) is 146 Å². The van der Waals surface area contributed by atoms with Crippen LogP contribution in [0.15, 0.2) is 24.3 Å². The van der Waals surface area contributed by atoms with Crippen molar-refractivity contribution in [2.45, 2.75) is 13.2 Å². The zero-order chi connectivity index (χ0) is 24.6. The Labute approximate surface area is 192 Å². The molecule has 0 spiro atoms. The number of aliphatic carboxylic acids is 1. The summed E-state index contributed by atoms with van der Waals surface area (Å²) in [7, 11) is -2.61. The van der Waals surface area contributed by atoms with Crippen LogP contribution in [-0.4, -0.2) is 71.7 Å².